The summed E-state index contributed by atoms with van der Waals surface area (Å²) in [6, 6.07) is 0.188. The third kappa shape index (κ3) is 5.01. The largest absolute Gasteiger partial charge is 0.481 e. The molecular weight excluding hydrogens is 266 g/mol. The molecule has 0 aliphatic heterocycles. The smallest absolute Gasteiger partial charge is 0.306 e. The molecule has 120 valence electrons. The van der Waals surface area contributed by atoms with Crippen molar-refractivity contribution in [3.8, 4) is 0 Å². The van der Waals surface area contributed by atoms with Gasteiger partial charge in [0.15, 0.2) is 0 Å². The zero-order valence-corrected chi connectivity index (χ0v) is 13.4. The molecule has 4 nitrogen and oxygen atoms in total. The van der Waals surface area contributed by atoms with Crippen molar-refractivity contribution in [2.75, 3.05) is 0 Å². The second-order valence-corrected chi connectivity index (χ2v) is 7.77. The first kappa shape index (κ1) is 16.3. The standard InChI is InChI=1S/C17H29NO3/c1-17(2)9-7-12(8-10-17)11-15(19)18-14-5-3-13(4-6-14)16(20)21/h12-14H,3-11H2,1-2H3,(H,18,19)(H,20,21). The van der Waals surface area contributed by atoms with Gasteiger partial charge in [-0.2, -0.15) is 0 Å². The van der Waals surface area contributed by atoms with Crippen molar-refractivity contribution < 1.29 is 14.7 Å². The third-order valence-corrected chi connectivity index (χ3v) is 5.37. The van der Waals surface area contributed by atoms with Crippen LogP contribution in [0.15, 0.2) is 0 Å². The van der Waals surface area contributed by atoms with Crippen LogP contribution in [0, 0.1) is 17.3 Å². The summed E-state index contributed by atoms with van der Waals surface area (Å²) in [5.74, 6) is -0.199. The fourth-order valence-electron chi connectivity index (χ4n) is 3.70. The molecular formula is C17H29NO3. The molecule has 0 atom stereocenters. The summed E-state index contributed by atoms with van der Waals surface area (Å²) in [5.41, 5.74) is 0.447. The maximum Gasteiger partial charge on any atom is 0.306 e. The number of carbonyl (C=O) groups excluding carboxylic acids is 1. The predicted molar refractivity (Wildman–Crippen MR) is 81.9 cm³/mol. The van der Waals surface area contributed by atoms with Gasteiger partial charge in [0, 0.05) is 12.5 Å². The molecule has 0 saturated heterocycles. The molecule has 0 radical (unpaired) electrons. The second kappa shape index (κ2) is 6.80. The zero-order chi connectivity index (χ0) is 15.5. The number of carboxylic acids is 1. The Balaban J connectivity index is 1.68. The minimum Gasteiger partial charge on any atom is -0.481 e. The van der Waals surface area contributed by atoms with Gasteiger partial charge in [0.05, 0.1) is 5.92 Å². The van der Waals surface area contributed by atoms with Gasteiger partial charge in [-0.3, -0.25) is 9.59 Å². The van der Waals surface area contributed by atoms with Crippen LogP contribution in [-0.2, 0) is 9.59 Å². The Labute approximate surface area is 127 Å². The predicted octanol–water partition coefficient (Wildman–Crippen LogP) is 3.35. The van der Waals surface area contributed by atoms with Crippen molar-refractivity contribution in [1.82, 2.24) is 5.32 Å². The highest BCUT2D eigenvalue weighted by Crippen LogP contribution is 2.39. The highest BCUT2D eigenvalue weighted by atomic mass is 16.4. The van der Waals surface area contributed by atoms with Crippen molar-refractivity contribution >= 4 is 11.9 Å². The fraction of sp³-hybridized carbons (Fsp3) is 0.882. The van der Waals surface area contributed by atoms with E-state index in [2.05, 4.69) is 19.2 Å². The van der Waals surface area contributed by atoms with Gasteiger partial charge in [-0.05, 0) is 62.7 Å². The van der Waals surface area contributed by atoms with E-state index >= 15 is 0 Å². The van der Waals surface area contributed by atoms with Gasteiger partial charge in [0.2, 0.25) is 5.91 Å². The summed E-state index contributed by atoms with van der Waals surface area (Å²) < 4.78 is 0. The van der Waals surface area contributed by atoms with E-state index in [0.29, 0.717) is 30.6 Å². The first-order chi connectivity index (χ1) is 9.85. The van der Waals surface area contributed by atoms with E-state index in [1.807, 2.05) is 0 Å². The van der Waals surface area contributed by atoms with Crippen LogP contribution >= 0.6 is 0 Å². The Morgan fingerprint density at radius 2 is 1.62 bits per heavy atom. The number of nitrogens with one attached hydrogen (secondary N) is 1. The summed E-state index contributed by atoms with van der Waals surface area (Å²) in [4.78, 5) is 23.0. The molecule has 0 heterocycles. The lowest BCUT2D eigenvalue weighted by molar-refractivity contribution is -0.142. The molecule has 4 heteroatoms. The summed E-state index contributed by atoms with van der Waals surface area (Å²) in [5, 5.41) is 12.1. The van der Waals surface area contributed by atoms with Gasteiger partial charge < -0.3 is 10.4 Å². The number of hydrogen-bond donors (Lipinski definition) is 2. The van der Waals surface area contributed by atoms with E-state index in [1.54, 1.807) is 0 Å². The third-order valence-electron chi connectivity index (χ3n) is 5.37. The molecule has 0 aromatic rings. The maximum atomic E-state index is 12.1. The van der Waals surface area contributed by atoms with Crippen molar-refractivity contribution in [2.24, 2.45) is 17.3 Å². The lowest BCUT2D eigenvalue weighted by Crippen LogP contribution is -2.39. The minimum absolute atomic E-state index is 0.165. The molecule has 1 amide bonds. The lowest BCUT2D eigenvalue weighted by Gasteiger charge is -2.34. The SMILES string of the molecule is CC1(C)CCC(CC(=O)NC2CCC(C(=O)O)CC2)CC1. The summed E-state index contributed by atoms with van der Waals surface area (Å²) in [7, 11) is 0. The molecule has 2 fully saturated rings. The highest BCUT2D eigenvalue weighted by molar-refractivity contribution is 5.76. The Hall–Kier alpha value is -1.06. The second-order valence-electron chi connectivity index (χ2n) is 7.77. The van der Waals surface area contributed by atoms with Crippen LogP contribution in [0.3, 0.4) is 0 Å². The van der Waals surface area contributed by atoms with Crippen LogP contribution in [0.2, 0.25) is 0 Å². The van der Waals surface area contributed by atoms with E-state index in [9.17, 15) is 9.59 Å². The summed E-state index contributed by atoms with van der Waals surface area (Å²) in [6.45, 7) is 4.62. The van der Waals surface area contributed by atoms with Gasteiger partial charge in [-0.1, -0.05) is 13.8 Å². The molecule has 2 aliphatic carbocycles. The molecule has 2 N–H and O–H groups in total. The molecule has 2 rings (SSSR count). The van der Waals surface area contributed by atoms with E-state index < -0.39 is 5.97 Å². The zero-order valence-electron chi connectivity index (χ0n) is 13.4. The van der Waals surface area contributed by atoms with E-state index in [0.717, 1.165) is 25.7 Å². The number of aliphatic carboxylic acids is 1. The van der Waals surface area contributed by atoms with E-state index in [-0.39, 0.29) is 17.9 Å². The first-order valence-corrected chi connectivity index (χ1v) is 8.38. The van der Waals surface area contributed by atoms with Gasteiger partial charge >= 0.3 is 5.97 Å². The van der Waals surface area contributed by atoms with Crippen molar-refractivity contribution in [3.63, 3.8) is 0 Å². The topological polar surface area (TPSA) is 66.4 Å². The molecule has 21 heavy (non-hydrogen) atoms. The Bertz CT molecular complexity index is 373. The van der Waals surface area contributed by atoms with Gasteiger partial charge in [-0.25, -0.2) is 0 Å². The first-order valence-electron chi connectivity index (χ1n) is 8.38. The Morgan fingerprint density at radius 3 is 2.14 bits per heavy atom. The van der Waals surface area contributed by atoms with Crippen molar-refractivity contribution in [3.05, 3.63) is 0 Å². The van der Waals surface area contributed by atoms with Gasteiger partial charge in [0.25, 0.3) is 0 Å². The minimum atomic E-state index is -0.690. The monoisotopic (exact) mass is 295 g/mol. The average molecular weight is 295 g/mol. The molecule has 0 aromatic carbocycles. The van der Waals surface area contributed by atoms with Crippen LogP contribution in [0.5, 0.6) is 0 Å². The number of hydrogen-bond acceptors (Lipinski definition) is 2. The molecule has 2 saturated carbocycles. The summed E-state index contributed by atoms with van der Waals surface area (Å²) >= 11 is 0. The van der Waals surface area contributed by atoms with Gasteiger partial charge in [0.1, 0.15) is 0 Å². The maximum absolute atomic E-state index is 12.1. The van der Waals surface area contributed by atoms with Crippen LogP contribution < -0.4 is 5.32 Å². The van der Waals surface area contributed by atoms with Crippen LogP contribution in [0.25, 0.3) is 0 Å². The normalized spacial score (nSPS) is 29.8. The quantitative estimate of drug-likeness (QED) is 0.836. The molecule has 0 bridgehead atoms. The number of carboxylic acid groups (broad SMARTS) is 1. The Morgan fingerprint density at radius 1 is 1.05 bits per heavy atom. The summed E-state index contributed by atoms with van der Waals surface area (Å²) in [6.07, 6.45) is 8.40. The Kier molecular flexibility index (Phi) is 5.28. The molecule has 0 unspecified atom stereocenters. The molecule has 0 spiro atoms. The molecule has 2 aliphatic rings. The number of carbonyl (C=O) groups is 2. The van der Waals surface area contributed by atoms with Crippen molar-refractivity contribution in [2.45, 2.75) is 77.7 Å². The number of amides is 1. The van der Waals surface area contributed by atoms with E-state index in [1.165, 1.54) is 12.8 Å². The molecule has 0 aromatic heterocycles. The van der Waals surface area contributed by atoms with Crippen LogP contribution in [-0.4, -0.2) is 23.0 Å². The van der Waals surface area contributed by atoms with E-state index in [4.69, 9.17) is 5.11 Å². The van der Waals surface area contributed by atoms with Gasteiger partial charge in [-0.15, -0.1) is 0 Å². The van der Waals surface area contributed by atoms with Crippen LogP contribution in [0.1, 0.15) is 71.6 Å². The lowest BCUT2D eigenvalue weighted by atomic mass is 9.72. The number of rotatable bonds is 4. The highest BCUT2D eigenvalue weighted by Gasteiger charge is 2.30. The van der Waals surface area contributed by atoms with Crippen molar-refractivity contribution in [1.29, 1.82) is 0 Å². The fourth-order valence-corrected chi connectivity index (χ4v) is 3.70. The average Bonchev–Trinajstić information content (AvgIpc) is 2.42. The van der Waals surface area contributed by atoms with Crippen LogP contribution in [0.4, 0.5) is 0 Å².